The van der Waals surface area contributed by atoms with E-state index in [0.29, 0.717) is 6.10 Å². The zero-order chi connectivity index (χ0) is 13.9. The Labute approximate surface area is 118 Å². The van der Waals surface area contributed by atoms with E-state index in [0.717, 1.165) is 25.3 Å². The summed E-state index contributed by atoms with van der Waals surface area (Å²) in [5.74, 6) is 0.996. The quantitative estimate of drug-likeness (QED) is 0.639. The summed E-state index contributed by atoms with van der Waals surface area (Å²) in [5.41, 5.74) is 1.41. The van der Waals surface area contributed by atoms with E-state index >= 15 is 0 Å². The van der Waals surface area contributed by atoms with Gasteiger partial charge < -0.3 is 10.1 Å². The van der Waals surface area contributed by atoms with Crippen molar-refractivity contribution in [1.82, 2.24) is 5.32 Å². The number of aryl methyl sites for hydroxylation is 1. The summed E-state index contributed by atoms with van der Waals surface area (Å²) in [6, 6.07) is 8.59. The Morgan fingerprint density at radius 3 is 2.47 bits per heavy atom. The van der Waals surface area contributed by atoms with E-state index in [-0.39, 0.29) is 0 Å². The summed E-state index contributed by atoms with van der Waals surface area (Å²) in [6.45, 7) is 8.65. The maximum atomic E-state index is 5.93. The summed E-state index contributed by atoms with van der Waals surface area (Å²) in [4.78, 5) is 0. The van der Waals surface area contributed by atoms with Crippen LogP contribution in [0.1, 0.15) is 52.0 Å². The lowest BCUT2D eigenvalue weighted by Gasteiger charge is -2.15. The van der Waals surface area contributed by atoms with Crippen LogP contribution < -0.4 is 10.1 Å². The molecule has 0 aromatic heterocycles. The van der Waals surface area contributed by atoms with Crippen LogP contribution in [0.3, 0.4) is 0 Å². The van der Waals surface area contributed by atoms with Crippen molar-refractivity contribution in [3.05, 3.63) is 29.8 Å². The second kappa shape index (κ2) is 9.85. The van der Waals surface area contributed by atoms with Crippen molar-refractivity contribution >= 4 is 0 Å². The molecule has 108 valence electrons. The van der Waals surface area contributed by atoms with Crippen LogP contribution in [0.5, 0.6) is 5.75 Å². The van der Waals surface area contributed by atoms with E-state index in [4.69, 9.17) is 4.74 Å². The largest absolute Gasteiger partial charge is 0.491 e. The first-order valence-electron chi connectivity index (χ1n) is 7.72. The molecule has 1 N–H and O–H groups in total. The van der Waals surface area contributed by atoms with Crippen LogP contribution in [-0.2, 0) is 6.42 Å². The van der Waals surface area contributed by atoms with E-state index in [1.165, 1.54) is 31.2 Å². The van der Waals surface area contributed by atoms with E-state index in [9.17, 15) is 0 Å². The van der Waals surface area contributed by atoms with Crippen molar-refractivity contribution < 1.29 is 4.74 Å². The normalized spacial score (nSPS) is 12.4. The fourth-order valence-corrected chi connectivity index (χ4v) is 2.10. The van der Waals surface area contributed by atoms with Crippen LogP contribution in [0.25, 0.3) is 0 Å². The highest BCUT2D eigenvalue weighted by Gasteiger charge is 2.03. The standard InChI is InChI=1S/C17H29NO/c1-4-6-9-16-10-12-17(13-11-16)19-15(3)8-7-14-18-5-2/h10-13,15,18H,4-9,14H2,1-3H3. The van der Waals surface area contributed by atoms with Crippen LogP contribution in [0, 0.1) is 0 Å². The SMILES string of the molecule is CCCCc1ccc(OC(C)CCCNCC)cc1. The smallest absolute Gasteiger partial charge is 0.119 e. The van der Waals surface area contributed by atoms with Gasteiger partial charge in [0.05, 0.1) is 6.10 Å². The number of hydrogen-bond donors (Lipinski definition) is 1. The number of hydrogen-bond acceptors (Lipinski definition) is 2. The van der Waals surface area contributed by atoms with Gasteiger partial charge >= 0.3 is 0 Å². The van der Waals surface area contributed by atoms with Crippen molar-refractivity contribution in [3.8, 4) is 5.75 Å². The molecule has 0 saturated carbocycles. The van der Waals surface area contributed by atoms with Crippen molar-refractivity contribution in [2.24, 2.45) is 0 Å². The molecule has 0 radical (unpaired) electrons. The van der Waals surface area contributed by atoms with Gasteiger partial charge in [-0.25, -0.2) is 0 Å². The molecule has 2 nitrogen and oxygen atoms in total. The third-order valence-electron chi connectivity index (χ3n) is 3.29. The Bertz CT molecular complexity index is 321. The van der Waals surface area contributed by atoms with Gasteiger partial charge in [0.1, 0.15) is 5.75 Å². The molecule has 0 aliphatic heterocycles. The summed E-state index contributed by atoms with van der Waals surface area (Å²) >= 11 is 0. The highest BCUT2D eigenvalue weighted by molar-refractivity contribution is 5.27. The molecule has 0 bridgehead atoms. The molecule has 2 heteroatoms. The number of rotatable bonds is 10. The Balaban J connectivity index is 2.27. The Kier molecular flexibility index (Phi) is 8.31. The predicted octanol–water partition coefficient (Wildman–Crippen LogP) is 4.19. The molecular weight excluding hydrogens is 234 g/mol. The summed E-state index contributed by atoms with van der Waals surface area (Å²) < 4.78 is 5.93. The van der Waals surface area contributed by atoms with E-state index in [1.54, 1.807) is 0 Å². The zero-order valence-corrected chi connectivity index (χ0v) is 12.7. The fraction of sp³-hybridized carbons (Fsp3) is 0.647. The molecule has 1 unspecified atom stereocenters. The number of benzene rings is 1. The third kappa shape index (κ3) is 7.22. The molecule has 0 heterocycles. The minimum Gasteiger partial charge on any atom is -0.491 e. The van der Waals surface area contributed by atoms with Gasteiger partial charge in [-0.15, -0.1) is 0 Å². The molecule has 0 aliphatic rings. The summed E-state index contributed by atoms with van der Waals surface area (Å²) in [7, 11) is 0. The monoisotopic (exact) mass is 263 g/mol. The lowest BCUT2D eigenvalue weighted by Crippen LogP contribution is -2.18. The molecule has 0 spiro atoms. The highest BCUT2D eigenvalue weighted by Crippen LogP contribution is 2.16. The van der Waals surface area contributed by atoms with Crippen LogP contribution in [0.4, 0.5) is 0 Å². The minimum atomic E-state index is 0.292. The molecule has 1 aromatic rings. The van der Waals surface area contributed by atoms with Crippen molar-refractivity contribution in [2.45, 2.75) is 59.0 Å². The second-order valence-corrected chi connectivity index (χ2v) is 5.17. The molecular formula is C17H29NO. The first-order valence-corrected chi connectivity index (χ1v) is 7.72. The first kappa shape index (κ1) is 16.0. The number of nitrogens with one attached hydrogen (secondary N) is 1. The summed E-state index contributed by atoms with van der Waals surface area (Å²) in [6.07, 6.45) is 6.26. The Morgan fingerprint density at radius 1 is 1.11 bits per heavy atom. The third-order valence-corrected chi connectivity index (χ3v) is 3.29. The molecule has 0 saturated heterocycles. The Hall–Kier alpha value is -1.02. The van der Waals surface area contributed by atoms with Gasteiger partial charge in [0, 0.05) is 0 Å². The average molecular weight is 263 g/mol. The average Bonchev–Trinajstić information content (AvgIpc) is 2.43. The Morgan fingerprint density at radius 2 is 1.84 bits per heavy atom. The van der Waals surface area contributed by atoms with Gasteiger partial charge in [0.15, 0.2) is 0 Å². The lowest BCUT2D eigenvalue weighted by atomic mass is 10.1. The van der Waals surface area contributed by atoms with Gasteiger partial charge in [-0.1, -0.05) is 32.4 Å². The van der Waals surface area contributed by atoms with Gasteiger partial charge in [-0.05, 0) is 63.4 Å². The van der Waals surface area contributed by atoms with Gasteiger partial charge in [0.2, 0.25) is 0 Å². The van der Waals surface area contributed by atoms with Crippen LogP contribution in [0.2, 0.25) is 0 Å². The molecule has 1 aromatic carbocycles. The van der Waals surface area contributed by atoms with Gasteiger partial charge in [-0.3, -0.25) is 0 Å². The number of ether oxygens (including phenoxy) is 1. The lowest BCUT2D eigenvalue weighted by molar-refractivity contribution is 0.207. The number of unbranched alkanes of at least 4 members (excludes halogenated alkanes) is 1. The predicted molar refractivity (Wildman–Crippen MR) is 82.9 cm³/mol. The van der Waals surface area contributed by atoms with Gasteiger partial charge in [-0.2, -0.15) is 0 Å². The van der Waals surface area contributed by atoms with Crippen LogP contribution >= 0.6 is 0 Å². The molecule has 19 heavy (non-hydrogen) atoms. The second-order valence-electron chi connectivity index (χ2n) is 5.17. The van der Waals surface area contributed by atoms with Crippen molar-refractivity contribution in [2.75, 3.05) is 13.1 Å². The van der Waals surface area contributed by atoms with E-state index in [1.807, 2.05) is 0 Å². The molecule has 0 aliphatic carbocycles. The first-order chi connectivity index (χ1) is 9.26. The van der Waals surface area contributed by atoms with Gasteiger partial charge in [0.25, 0.3) is 0 Å². The molecule has 1 atom stereocenters. The maximum absolute atomic E-state index is 5.93. The highest BCUT2D eigenvalue weighted by atomic mass is 16.5. The molecule has 0 amide bonds. The van der Waals surface area contributed by atoms with Crippen molar-refractivity contribution in [3.63, 3.8) is 0 Å². The van der Waals surface area contributed by atoms with Crippen molar-refractivity contribution in [1.29, 1.82) is 0 Å². The van der Waals surface area contributed by atoms with Crippen LogP contribution in [0.15, 0.2) is 24.3 Å². The van der Waals surface area contributed by atoms with Crippen LogP contribution in [-0.4, -0.2) is 19.2 Å². The zero-order valence-electron chi connectivity index (χ0n) is 12.7. The molecule has 0 fully saturated rings. The maximum Gasteiger partial charge on any atom is 0.119 e. The fourth-order valence-electron chi connectivity index (χ4n) is 2.10. The summed E-state index contributed by atoms with van der Waals surface area (Å²) in [5, 5.41) is 3.34. The topological polar surface area (TPSA) is 21.3 Å². The minimum absolute atomic E-state index is 0.292. The molecule has 1 rings (SSSR count). The van der Waals surface area contributed by atoms with E-state index in [2.05, 4.69) is 50.4 Å². The van der Waals surface area contributed by atoms with E-state index < -0.39 is 0 Å².